The highest BCUT2D eigenvalue weighted by molar-refractivity contribution is 5.29. The molecule has 0 bridgehead atoms. The number of hydrogen-bond donors (Lipinski definition) is 4. The molecule has 0 spiro atoms. The van der Waals surface area contributed by atoms with Crippen LogP contribution in [-0.2, 0) is 0 Å². The van der Waals surface area contributed by atoms with E-state index in [1.54, 1.807) is 0 Å². The zero-order valence-corrected chi connectivity index (χ0v) is 14.2. The molecule has 4 aliphatic rings. The molecular weight excluding hydrogens is 292 g/mol. The second-order valence-electron chi connectivity index (χ2n) is 9.08. The molecule has 9 atom stereocenters. The predicted molar refractivity (Wildman–Crippen MR) is 86.5 cm³/mol. The minimum atomic E-state index is -0.571. The lowest BCUT2D eigenvalue weighted by atomic mass is 9.46. The van der Waals surface area contributed by atoms with Gasteiger partial charge in [0.1, 0.15) is 0 Å². The van der Waals surface area contributed by atoms with Gasteiger partial charge in [-0.15, -0.1) is 0 Å². The van der Waals surface area contributed by atoms with Crippen molar-refractivity contribution in [3.8, 4) is 0 Å². The van der Waals surface area contributed by atoms with Crippen LogP contribution in [0.1, 0.15) is 52.4 Å². The number of aliphatic hydroxyl groups is 4. The van der Waals surface area contributed by atoms with Crippen LogP contribution in [0.25, 0.3) is 0 Å². The minimum absolute atomic E-state index is 0.0184. The summed E-state index contributed by atoms with van der Waals surface area (Å²) in [7, 11) is 0. The van der Waals surface area contributed by atoms with E-state index in [9.17, 15) is 20.4 Å². The highest BCUT2D eigenvalue weighted by Crippen LogP contribution is 2.64. The molecule has 0 heterocycles. The number of fused-ring (bicyclic) bond motifs is 5. The Morgan fingerprint density at radius 1 is 1.04 bits per heavy atom. The molecule has 0 radical (unpaired) electrons. The van der Waals surface area contributed by atoms with Crippen molar-refractivity contribution in [3.63, 3.8) is 0 Å². The molecular formula is C19H30O4. The summed E-state index contributed by atoms with van der Waals surface area (Å²) in [5, 5.41) is 42.4. The van der Waals surface area contributed by atoms with Crippen LogP contribution in [0.3, 0.4) is 0 Å². The monoisotopic (exact) mass is 322 g/mol. The number of rotatable bonds is 0. The van der Waals surface area contributed by atoms with Crippen LogP contribution in [0.15, 0.2) is 11.6 Å². The van der Waals surface area contributed by atoms with Crippen LogP contribution in [-0.4, -0.2) is 44.8 Å². The Balaban J connectivity index is 1.78. The van der Waals surface area contributed by atoms with E-state index in [0.717, 1.165) is 31.3 Å². The van der Waals surface area contributed by atoms with E-state index in [1.165, 1.54) is 0 Å². The second-order valence-corrected chi connectivity index (χ2v) is 9.08. The molecule has 4 N–H and O–H groups in total. The Labute approximate surface area is 138 Å². The molecule has 0 aromatic heterocycles. The van der Waals surface area contributed by atoms with Gasteiger partial charge < -0.3 is 20.4 Å². The van der Waals surface area contributed by atoms with Gasteiger partial charge in [-0.25, -0.2) is 0 Å². The lowest BCUT2D eigenvalue weighted by Crippen LogP contribution is -2.60. The minimum Gasteiger partial charge on any atom is -0.393 e. The van der Waals surface area contributed by atoms with E-state index in [0.29, 0.717) is 12.8 Å². The van der Waals surface area contributed by atoms with Gasteiger partial charge in [0, 0.05) is 0 Å². The largest absolute Gasteiger partial charge is 0.393 e. The SMILES string of the molecule is C[C@]12CCC(O)CC1=CC(O)[C@@H]1[C@H]2C(O)C[C@]2(C)C(O)CC[C@@H]12. The first-order valence-electron chi connectivity index (χ1n) is 9.21. The Bertz CT molecular complexity index is 531. The third kappa shape index (κ3) is 2.05. The first-order valence-corrected chi connectivity index (χ1v) is 9.21. The lowest BCUT2D eigenvalue weighted by molar-refractivity contribution is -0.160. The van der Waals surface area contributed by atoms with Crippen molar-refractivity contribution in [2.45, 2.75) is 76.8 Å². The van der Waals surface area contributed by atoms with Crippen LogP contribution in [0.4, 0.5) is 0 Å². The molecule has 3 saturated carbocycles. The first-order chi connectivity index (χ1) is 10.8. The third-order valence-electron chi connectivity index (χ3n) is 7.99. The van der Waals surface area contributed by atoms with Gasteiger partial charge in [-0.1, -0.05) is 25.5 Å². The number of hydrogen-bond acceptors (Lipinski definition) is 4. The summed E-state index contributed by atoms with van der Waals surface area (Å²) < 4.78 is 0. The smallest absolute Gasteiger partial charge is 0.0758 e. The molecule has 0 aliphatic heterocycles. The molecule has 4 unspecified atom stereocenters. The molecule has 0 aromatic rings. The van der Waals surface area contributed by atoms with Crippen molar-refractivity contribution in [2.75, 3.05) is 0 Å². The van der Waals surface area contributed by atoms with E-state index < -0.39 is 12.2 Å². The van der Waals surface area contributed by atoms with Crippen LogP contribution in [0.2, 0.25) is 0 Å². The lowest BCUT2D eigenvalue weighted by Gasteiger charge is -2.60. The molecule has 4 rings (SSSR count). The second kappa shape index (κ2) is 5.04. The van der Waals surface area contributed by atoms with Crippen molar-refractivity contribution in [3.05, 3.63) is 11.6 Å². The molecule has 0 amide bonds. The average Bonchev–Trinajstić information content (AvgIpc) is 2.76. The average molecular weight is 322 g/mol. The molecule has 4 nitrogen and oxygen atoms in total. The van der Waals surface area contributed by atoms with Gasteiger partial charge in [-0.2, -0.15) is 0 Å². The van der Waals surface area contributed by atoms with Gasteiger partial charge in [0.15, 0.2) is 0 Å². The van der Waals surface area contributed by atoms with Crippen molar-refractivity contribution in [1.29, 1.82) is 0 Å². The van der Waals surface area contributed by atoms with E-state index in [1.807, 2.05) is 6.08 Å². The van der Waals surface area contributed by atoms with Crippen molar-refractivity contribution < 1.29 is 20.4 Å². The summed E-state index contributed by atoms with van der Waals surface area (Å²) in [6.07, 6.45) is 4.80. The maximum absolute atomic E-state index is 11.0. The summed E-state index contributed by atoms with van der Waals surface area (Å²) in [5.74, 6) is 0.320. The normalized spacial score (nSPS) is 58.9. The van der Waals surface area contributed by atoms with E-state index >= 15 is 0 Å². The molecule has 4 heteroatoms. The highest BCUT2D eigenvalue weighted by Gasteiger charge is 2.63. The maximum Gasteiger partial charge on any atom is 0.0758 e. The number of aliphatic hydroxyl groups excluding tert-OH is 4. The first kappa shape index (κ1) is 16.1. The quantitative estimate of drug-likeness (QED) is 0.511. The van der Waals surface area contributed by atoms with Gasteiger partial charge in [0.05, 0.1) is 24.4 Å². The Hall–Kier alpha value is -0.420. The predicted octanol–water partition coefficient (Wildman–Crippen LogP) is 1.61. The zero-order valence-electron chi connectivity index (χ0n) is 14.2. The van der Waals surface area contributed by atoms with Gasteiger partial charge >= 0.3 is 0 Å². The molecule has 23 heavy (non-hydrogen) atoms. The van der Waals surface area contributed by atoms with Crippen molar-refractivity contribution in [1.82, 2.24) is 0 Å². The highest BCUT2D eigenvalue weighted by atomic mass is 16.3. The Kier molecular flexibility index (Phi) is 3.52. The standard InChI is InChI=1S/C19H30O4/c1-18-6-5-11(20)7-10(18)8-13(21)16-12-3-4-15(23)19(12,2)9-14(22)17(16)18/h8,11-17,20-23H,3-7,9H2,1-2H3/t11?,12-,13?,14?,15?,16+,17+,18-,19-/m0/s1. The van der Waals surface area contributed by atoms with E-state index in [-0.39, 0.29) is 40.8 Å². The van der Waals surface area contributed by atoms with E-state index in [4.69, 9.17) is 0 Å². The summed E-state index contributed by atoms with van der Waals surface area (Å²) in [5.41, 5.74) is 0.723. The summed E-state index contributed by atoms with van der Waals surface area (Å²) in [6.45, 7) is 4.30. The van der Waals surface area contributed by atoms with Crippen molar-refractivity contribution >= 4 is 0 Å². The van der Waals surface area contributed by atoms with E-state index in [2.05, 4.69) is 13.8 Å². The molecule has 0 saturated heterocycles. The third-order valence-corrected chi connectivity index (χ3v) is 7.99. The van der Waals surface area contributed by atoms with Crippen LogP contribution in [0, 0.1) is 28.6 Å². The zero-order chi connectivity index (χ0) is 16.6. The van der Waals surface area contributed by atoms with Crippen LogP contribution >= 0.6 is 0 Å². The van der Waals surface area contributed by atoms with Crippen molar-refractivity contribution in [2.24, 2.45) is 28.6 Å². The molecule has 3 fully saturated rings. The fraction of sp³-hybridized carbons (Fsp3) is 0.895. The fourth-order valence-electron chi connectivity index (χ4n) is 6.72. The maximum atomic E-state index is 11.0. The van der Waals surface area contributed by atoms with Gasteiger partial charge in [-0.05, 0) is 67.1 Å². The summed E-state index contributed by atoms with van der Waals surface area (Å²) in [6, 6.07) is 0. The topological polar surface area (TPSA) is 80.9 Å². The molecule has 4 aliphatic carbocycles. The summed E-state index contributed by atoms with van der Waals surface area (Å²) in [4.78, 5) is 0. The molecule has 0 aromatic carbocycles. The van der Waals surface area contributed by atoms with Gasteiger partial charge in [0.2, 0.25) is 0 Å². The Morgan fingerprint density at radius 3 is 2.52 bits per heavy atom. The molecule has 130 valence electrons. The van der Waals surface area contributed by atoms with Crippen LogP contribution in [0.5, 0.6) is 0 Å². The summed E-state index contributed by atoms with van der Waals surface area (Å²) >= 11 is 0. The van der Waals surface area contributed by atoms with Crippen LogP contribution < -0.4 is 0 Å². The fourth-order valence-corrected chi connectivity index (χ4v) is 6.72. The Morgan fingerprint density at radius 2 is 1.78 bits per heavy atom. The van der Waals surface area contributed by atoms with Gasteiger partial charge in [0.25, 0.3) is 0 Å². The van der Waals surface area contributed by atoms with Gasteiger partial charge in [-0.3, -0.25) is 0 Å².